The molecule has 0 unspecified atom stereocenters. The van der Waals surface area contributed by atoms with E-state index < -0.39 is 17.8 Å². The lowest BCUT2D eigenvalue weighted by Crippen LogP contribution is -2.34. The molecule has 132 valence electrons. The Morgan fingerprint density at radius 1 is 1.16 bits per heavy atom. The van der Waals surface area contributed by atoms with Gasteiger partial charge in [-0.05, 0) is 50.1 Å². The van der Waals surface area contributed by atoms with Crippen LogP contribution in [-0.2, 0) is 6.42 Å². The highest BCUT2D eigenvalue weighted by molar-refractivity contribution is 6.35. The lowest BCUT2D eigenvalue weighted by Gasteiger charge is -2.27. The molecule has 0 atom stereocenters. The summed E-state index contributed by atoms with van der Waals surface area (Å²) in [6, 6.07) is 8.57. The topological polar surface area (TPSA) is 55.1 Å². The monoisotopic (exact) mass is 385 g/mol. The van der Waals surface area contributed by atoms with Crippen LogP contribution in [0.4, 0.5) is 14.6 Å². The van der Waals surface area contributed by atoms with E-state index >= 15 is 0 Å². The average molecular weight is 386 g/mol. The molecule has 25 heavy (non-hydrogen) atoms. The van der Waals surface area contributed by atoms with Crippen LogP contribution >= 0.6 is 23.2 Å². The fourth-order valence-corrected chi connectivity index (χ4v) is 3.02. The molecular formula is C16H15Cl2F2N5. The standard InChI is InChI=1S/C16H15Cl2F2N5/c1-16(2,8-9-3-4-10(17)7-11(9)18)21-12-5-6-13-22-23-15(14(19)20)25(13)24-12/h3-7,14H,8H2,1-2H3,(H,21,24). The van der Waals surface area contributed by atoms with Crippen LogP contribution in [0.1, 0.15) is 31.7 Å². The van der Waals surface area contributed by atoms with Gasteiger partial charge in [0.05, 0.1) is 0 Å². The van der Waals surface area contributed by atoms with Crippen molar-refractivity contribution in [3.05, 3.63) is 51.8 Å². The molecule has 5 nitrogen and oxygen atoms in total. The molecule has 0 amide bonds. The van der Waals surface area contributed by atoms with Gasteiger partial charge in [0.1, 0.15) is 5.82 Å². The lowest BCUT2D eigenvalue weighted by molar-refractivity contribution is 0.137. The third kappa shape index (κ3) is 3.99. The van der Waals surface area contributed by atoms with Gasteiger partial charge >= 0.3 is 0 Å². The number of rotatable bonds is 5. The Morgan fingerprint density at radius 3 is 2.60 bits per heavy atom. The van der Waals surface area contributed by atoms with Gasteiger partial charge < -0.3 is 5.32 Å². The van der Waals surface area contributed by atoms with E-state index in [0.29, 0.717) is 22.3 Å². The highest BCUT2D eigenvalue weighted by atomic mass is 35.5. The molecular weight excluding hydrogens is 371 g/mol. The first-order chi connectivity index (χ1) is 11.7. The summed E-state index contributed by atoms with van der Waals surface area (Å²) < 4.78 is 27.0. The van der Waals surface area contributed by atoms with Gasteiger partial charge in [-0.3, -0.25) is 0 Å². The highest BCUT2D eigenvalue weighted by Crippen LogP contribution is 2.26. The van der Waals surface area contributed by atoms with Gasteiger partial charge in [0.2, 0.25) is 5.82 Å². The number of nitrogens with zero attached hydrogens (tertiary/aromatic N) is 4. The summed E-state index contributed by atoms with van der Waals surface area (Å²) in [5.74, 6) is -0.0542. The van der Waals surface area contributed by atoms with Crippen LogP contribution in [0.25, 0.3) is 5.65 Å². The van der Waals surface area contributed by atoms with E-state index in [2.05, 4.69) is 20.6 Å². The molecule has 0 aliphatic heterocycles. The number of fused-ring (bicyclic) bond motifs is 1. The Bertz CT molecular complexity index is 911. The van der Waals surface area contributed by atoms with Crippen molar-refractivity contribution in [1.29, 1.82) is 0 Å². The van der Waals surface area contributed by atoms with Crippen LogP contribution in [0.5, 0.6) is 0 Å². The maximum absolute atomic E-state index is 13.0. The number of aromatic nitrogens is 4. The van der Waals surface area contributed by atoms with Crippen molar-refractivity contribution < 1.29 is 8.78 Å². The molecule has 0 aliphatic rings. The predicted molar refractivity (Wildman–Crippen MR) is 93.6 cm³/mol. The summed E-state index contributed by atoms with van der Waals surface area (Å²) in [7, 11) is 0. The second-order valence-electron chi connectivity index (χ2n) is 6.27. The minimum Gasteiger partial charge on any atom is -0.363 e. The Kier molecular flexibility index (Phi) is 4.79. The summed E-state index contributed by atoms with van der Waals surface area (Å²) in [4.78, 5) is 0. The van der Waals surface area contributed by atoms with Gasteiger partial charge in [-0.15, -0.1) is 15.3 Å². The van der Waals surface area contributed by atoms with Crippen LogP contribution in [0.15, 0.2) is 30.3 Å². The minimum atomic E-state index is -2.75. The first-order valence-electron chi connectivity index (χ1n) is 7.48. The predicted octanol–water partition coefficient (Wildman–Crippen LogP) is 4.80. The van der Waals surface area contributed by atoms with Crippen LogP contribution in [0, 0.1) is 0 Å². The van der Waals surface area contributed by atoms with Crippen molar-refractivity contribution in [2.24, 2.45) is 0 Å². The van der Waals surface area contributed by atoms with Crippen molar-refractivity contribution in [3.8, 4) is 0 Å². The van der Waals surface area contributed by atoms with Gasteiger partial charge in [0.15, 0.2) is 5.65 Å². The van der Waals surface area contributed by atoms with Crippen molar-refractivity contribution >= 4 is 34.7 Å². The third-order valence-electron chi connectivity index (χ3n) is 3.60. The molecule has 9 heteroatoms. The normalized spacial score (nSPS) is 12.1. The Labute approximate surface area is 153 Å². The lowest BCUT2D eigenvalue weighted by atomic mass is 9.95. The molecule has 0 saturated carbocycles. The molecule has 3 rings (SSSR count). The number of hydrogen-bond donors (Lipinski definition) is 1. The molecule has 0 spiro atoms. The zero-order valence-corrected chi connectivity index (χ0v) is 15.0. The summed E-state index contributed by atoms with van der Waals surface area (Å²) in [6.07, 6.45) is -2.16. The number of halogens is 4. The molecule has 2 heterocycles. The molecule has 0 fully saturated rings. The molecule has 0 radical (unpaired) electrons. The van der Waals surface area contributed by atoms with E-state index in [4.69, 9.17) is 23.2 Å². The minimum absolute atomic E-state index is 0.263. The number of anilines is 1. The van der Waals surface area contributed by atoms with E-state index in [1.54, 1.807) is 24.3 Å². The van der Waals surface area contributed by atoms with E-state index in [0.717, 1.165) is 10.1 Å². The molecule has 0 saturated heterocycles. The maximum atomic E-state index is 13.0. The number of hydrogen-bond acceptors (Lipinski definition) is 4. The van der Waals surface area contributed by atoms with Crippen molar-refractivity contribution in [3.63, 3.8) is 0 Å². The number of nitrogens with one attached hydrogen (secondary N) is 1. The molecule has 0 aliphatic carbocycles. The van der Waals surface area contributed by atoms with Crippen molar-refractivity contribution in [2.45, 2.75) is 32.2 Å². The first-order valence-corrected chi connectivity index (χ1v) is 8.23. The fourth-order valence-electron chi connectivity index (χ4n) is 2.54. The SMILES string of the molecule is CC(C)(Cc1ccc(Cl)cc1Cl)Nc1ccc2nnc(C(F)F)n2n1. The van der Waals surface area contributed by atoms with Crippen molar-refractivity contribution in [1.82, 2.24) is 19.8 Å². The number of alkyl halides is 2. The van der Waals surface area contributed by atoms with Gasteiger partial charge in [-0.25, -0.2) is 8.78 Å². The second-order valence-corrected chi connectivity index (χ2v) is 7.11. The van der Waals surface area contributed by atoms with Crippen LogP contribution in [0.2, 0.25) is 10.0 Å². The quantitative estimate of drug-likeness (QED) is 0.684. The zero-order valence-electron chi connectivity index (χ0n) is 13.5. The summed E-state index contributed by atoms with van der Waals surface area (Å²) in [5.41, 5.74) is 0.749. The second kappa shape index (κ2) is 6.72. The molecule has 1 N–H and O–H groups in total. The van der Waals surface area contributed by atoms with Gasteiger partial charge in [-0.2, -0.15) is 4.52 Å². The Morgan fingerprint density at radius 2 is 1.92 bits per heavy atom. The Hall–Kier alpha value is -1.99. The molecule has 0 bridgehead atoms. The molecule has 3 aromatic rings. The van der Waals surface area contributed by atoms with E-state index in [-0.39, 0.29) is 5.65 Å². The fraction of sp³-hybridized carbons (Fsp3) is 0.312. The van der Waals surface area contributed by atoms with Crippen molar-refractivity contribution in [2.75, 3.05) is 5.32 Å². The maximum Gasteiger partial charge on any atom is 0.299 e. The van der Waals surface area contributed by atoms with Gasteiger partial charge in [0.25, 0.3) is 6.43 Å². The average Bonchev–Trinajstić information content (AvgIpc) is 2.93. The first kappa shape index (κ1) is 17.8. The summed E-state index contributed by atoms with van der Waals surface area (Å²) in [6.45, 7) is 3.92. The van der Waals surface area contributed by atoms with E-state index in [9.17, 15) is 8.78 Å². The zero-order chi connectivity index (χ0) is 18.2. The van der Waals surface area contributed by atoms with Crippen LogP contribution < -0.4 is 5.32 Å². The van der Waals surface area contributed by atoms with E-state index in [1.165, 1.54) is 0 Å². The molecule has 2 aromatic heterocycles. The highest BCUT2D eigenvalue weighted by Gasteiger charge is 2.22. The summed E-state index contributed by atoms with van der Waals surface area (Å²) >= 11 is 12.1. The smallest absolute Gasteiger partial charge is 0.299 e. The Balaban J connectivity index is 1.84. The van der Waals surface area contributed by atoms with Crippen LogP contribution in [-0.4, -0.2) is 25.4 Å². The summed E-state index contributed by atoms with van der Waals surface area (Å²) in [5, 5.41) is 15.7. The van der Waals surface area contributed by atoms with Crippen LogP contribution in [0.3, 0.4) is 0 Å². The number of benzene rings is 1. The van der Waals surface area contributed by atoms with Gasteiger partial charge in [-0.1, -0.05) is 29.3 Å². The molecule has 1 aromatic carbocycles. The largest absolute Gasteiger partial charge is 0.363 e. The van der Waals surface area contributed by atoms with Gasteiger partial charge in [0, 0.05) is 15.6 Å². The van der Waals surface area contributed by atoms with E-state index in [1.807, 2.05) is 19.9 Å². The third-order valence-corrected chi connectivity index (χ3v) is 4.18.